The molecule has 0 fully saturated rings. The molecule has 0 spiro atoms. The standard InChI is InChI=1S/C34H34N4O5/c1-5-13-26(14-6-1)21-39-25-30-31(40-22-27-15-7-2-8-16-27)32(41-23-28-17-9-3-10-18-28)33(34-35-36-37-38(34)43-30)42-24-29-19-11-4-12-20-29/h1-20,30-33H,21-25H2/t30-,31-,32+,33-/m1/s1. The second kappa shape index (κ2) is 14.7. The van der Waals surface area contributed by atoms with E-state index in [1.54, 1.807) is 0 Å². The van der Waals surface area contributed by atoms with Crippen molar-refractivity contribution >= 4 is 0 Å². The summed E-state index contributed by atoms with van der Waals surface area (Å²) in [5.41, 5.74) is 4.12. The van der Waals surface area contributed by atoms with Gasteiger partial charge in [0.25, 0.3) is 0 Å². The first-order chi connectivity index (χ1) is 21.3. The molecule has 9 nitrogen and oxygen atoms in total. The van der Waals surface area contributed by atoms with Gasteiger partial charge in [0.15, 0.2) is 12.2 Å². The minimum Gasteiger partial charge on any atom is -0.385 e. The quantitative estimate of drug-likeness (QED) is 0.190. The third-order valence-corrected chi connectivity index (χ3v) is 7.18. The van der Waals surface area contributed by atoms with E-state index in [9.17, 15) is 0 Å². The monoisotopic (exact) mass is 578 g/mol. The van der Waals surface area contributed by atoms with E-state index < -0.39 is 24.4 Å². The second-order valence-corrected chi connectivity index (χ2v) is 10.3. The van der Waals surface area contributed by atoms with E-state index in [0.29, 0.717) is 32.3 Å². The molecule has 9 heteroatoms. The molecule has 0 aliphatic carbocycles. The molecule has 1 aliphatic heterocycles. The van der Waals surface area contributed by atoms with Gasteiger partial charge in [-0.05, 0) is 32.7 Å². The molecular formula is C34H34N4O5. The lowest BCUT2D eigenvalue weighted by atomic mass is 10.0. The highest BCUT2D eigenvalue weighted by Crippen LogP contribution is 2.32. The van der Waals surface area contributed by atoms with Crippen LogP contribution in [0.5, 0.6) is 0 Å². The molecule has 5 aromatic rings. The minimum atomic E-state index is -0.696. The van der Waals surface area contributed by atoms with Crippen molar-refractivity contribution in [3.63, 3.8) is 0 Å². The molecule has 1 aromatic heterocycles. The first kappa shape index (κ1) is 28.7. The van der Waals surface area contributed by atoms with Gasteiger partial charge < -0.3 is 23.8 Å². The van der Waals surface area contributed by atoms with E-state index in [0.717, 1.165) is 22.3 Å². The van der Waals surface area contributed by atoms with Crippen LogP contribution in [0, 0.1) is 0 Å². The summed E-state index contributed by atoms with van der Waals surface area (Å²) in [6.07, 6.45) is -2.55. The van der Waals surface area contributed by atoms with E-state index in [1.165, 1.54) is 4.85 Å². The Morgan fingerprint density at radius 3 is 1.56 bits per heavy atom. The van der Waals surface area contributed by atoms with Crippen molar-refractivity contribution in [2.24, 2.45) is 0 Å². The molecule has 0 amide bonds. The lowest BCUT2D eigenvalue weighted by Crippen LogP contribution is -2.48. The first-order valence-corrected chi connectivity index (χ1v) is 14.4. The molecule has 6 rings (SSSR count). The molecule has 0 bridgehead atoms. The smallest absolute Gasteiger partial charge is 0.223 e. The van der Waals surface area contributed by atoms with Gasteiger partial charge in [-0.3, -0.25) is 0 Å². The van der Waals surface area contributed by atoms with Crippen molar-refractivity contribution in [1.29, 1.82) is 0 Å². The third kappa shape index (κ3) is 7.71. The van der Waals surface area contributed by atoms with Gasteiger partial charge >= 0.3 is 0 Å². The van der Waals surface area contributed by atoms with Crippen molar-refractivity contribution < 1.29 is 23.8 Å². The molecule has 0 N–H and O–H groups in total. The molecule has 220 valence electrons. The highest BCUT2D eigenvalue weighted by atomic mass is 16.7. The van der Waals surface area contributed by atoms with Crippen LogP contribution in [-0.2, 0) is 45.4 Å². The van der Waals surface area contributed by atoms with Gasteiger partial charge in [-0.2, -0.15) is 0 Å². The molecule has 4 aromatic carbocycles. The summed E-state index contributed by atoms with van der Waals surface area (Å²) >= 11 is 0. The lowest BCUT2D eigenvalue weighted by molar-refractivity contribution is -0.186. The van der Waals surface area contributed by atoms with E-state index in [2.05, 4.69) is 15.5 Å². The largest absolute Gasteiger partial charge is 0.385 e. The molecule has 0 saturated carbocycles. The van der Waals surface area contributed by atoms with Gasteiger partial charge in [-0.15, -0.1) is 5.10 Å². The maximum Gasteiger partial charge on any atom is 0.223 e. The van der Waals surface area contributed by atoms with Gasteiger partial charge in [-0.25, -0.2) is 0 Å². The Labute approximate surface area is 250 Å². The van der Waals surface area contributed by atoms with Crippen molar-refractivity contribution in [1.82, 2.24) is 20.4 Å². The third-order valence-electron chi connectivity index (χ3n) is 7.18. The average Bonchev–Trinajstić information content (AvgIpc) is 3.48. The molecular weight excluding hydrogens is 544 g/mol. The topological polar surface area (TPSA) is 89.8 Å². The number of tetrazole rings is 1. The molecule has 1 aliphatic rings. The zero-order chi connectivity index (χ0) is 29.1. The number of benzene rings is 4. The predicted octanol–water partition coefficient (Wildman–Crippen LogP) is 5.13. The molecule has 0 saturated heterocycles. The second-order valence-electron chi connectivity index (χ2n) is 10.3. The fourth-order valence-electron chi connectivity index (χ4n) is 4.99. The number of hydrogen-bond donors (Lipinski definition) is 0. The fourth-order valence-corrected chi connectivity index (χ4v) is 4.99. The maximum atomic E-state index is 6.68. The number of nitrogens with zero attached hydrogens (tertiary/aromatic N) is 4. The Morgan fingerprint density at radius 1 is 0.558 bits per heavy atom. The Bertz CT molecular complexity index is 1510. The minimum absolute atomic E-state index is 0.213. The van der Waals surface area contributed by atoms with Crippen LogP contribution >= 0.6 is 0 Å². The number of rotatable bonds is 13. The predicted molar refractivity (Wildman–Crippen MR) is 158 cm³/mol. The Kier molecular flexibility index (Phi) is 9.78. The fraction of sp³-hybridized carbons (Fsp3) is 0.265. The highest BCUT2D eigenvalue weighted by Gasteiger charge is 2.46. The lowest BCUT2D eigenvalue weighted by Gasteiger charge is -2.33. The van der Waals surface area contributed by atoms with E-state index in [4.69, 9.17) is 23.8 Å². The number of aromatic nitrogens is 4. The normalized spacial score (nSPS) is 19.7. The summed E-state index contributed by atoms with van der Waals surface area (Å²) in [6.45, 7) is 1.63. The van der Waals surface area contributed by atoms with Crippen LogP contribution < -0.4 is 4.84 Å². The van der Waals surface area contributed by atoms with Gasteiger partial charge in [0.05, 0.1) is 33.0 Å². The maximum absolute atomic E-state index is 6.68. The Hall–Kier alpha value is -4.41. The van der Waals surface area contributed by atoms with Crippen LogP contribution in [0.3, 0.4) is 0 Å². The van der Waals surface area contributed by atoms with E-state index in [1.807, 2.05) is 121 Å². The van der Waals surface area contributed by atoms with Gasteiger partial charge in [0, 0.05) is 0 Å². The summed E-state index contributed by atoms with van der Waals surface area (Å²) in [5, 5.41) is 12.3. The molecule has 2 heterocycles. The van der Waals surface area contributed by atoms with Crippen molar-refractivity contribution in [3.05, 3.63) is 149 Å². The summed E-state index contributed by atoms with van der Waals surface area (Å²) in [4.78, 5) is 7.69. The van der Waals surface area contributed by atoms with E-state index in [-0.39, 0.29) is 6.61 Å². The Balaban J connectivity index is 1.31. The Morgan fingerprint density at radius 2 is 1.02 bits per heavy atom. The van der Waals surface area contributed by atoms with Gasteiger partial charge in [0.2, 0.25) is 5.82 Å². The van der Waals surface area contributed by atoms with Crippen LogP contribution in [0.25, 0.3) is 0 Å². The zero-order valence-electron chi connectivity index (χ0n) is 23.7. The molecule has 0 unspecified atom stereocenters. The molecule has 43 heavy (non-hydrogen) atoms. The summed E-state index contributed by atoms with van der Waals surface area (Å²) in [5.74, 6) is 0.396. The average molecular weight is 579 g/mol. The van der Waals surface area contributed by atoms with Crippen molar-refractivity contribution in [2.45, 2.75) is 50.8 Å². The number of hydrogen-bond acceptors (Lipinski definition) is 8. The highest BCUT2D eigenvalue weighted by molar-refractivity contribution is 5.16. The number of ether oxygens (including phenoxy) is 4. The molecule has 4 atom stereocenters. The zero-order valence-corrected chi connectivity index (χ0v) is 23.7. The van der Waals surface area contributed by atoms with Crippen LogP contribution in [-0.4, -0.2) is 45.3 Å². The molecule has 0 radical (unpaired) electrons. The number of fused-ring (bicyclic) bond motifs is 1. The van der Waals surface area contributed by atoms with Crippen molar-refractivity contribution in [3.8, 4) is 0 Å². The summed E-state index contributed by atoms with van der Waals surface area (Å²) < 4.78 is 26.1. The first-order valence-electron chi connectivity index (χ1n) is 14.4. The summed E-state index contributed by atoms with van der Waals surface area (Å²) in [7, 11) is 0. The van der Waals surface area contributed by atoms with Crippen LogP contribution in [0.1, 0.15) is 34.2 Å². The van der Waals surface area contributed by atoms with Gasteiger partial charge in [-0.1, -0.05) is 126 Å². The van der Waals surface area contributed by atoms with E-state index >= 15 is 0 Å². The van der Waals surface area contributed by atoms with Gasteiger partial charge in [0.1, 0.15) is 12.2 Å². The summed E-state index contributed by atoms with van der Waals surface area (Å²) in [6, 6.07) is 40.0. The SMILES string of the molecule is c1ccc(COC[C@H]2On3nnnc3[C@H](OCc3ccccc3)[C@@H](OCc3ccccc3)[C@@H]2OCc2ccccc2)cc1. The van der Waals surface area contributed by atoms with Crippen molar-refractivity contribution in [2.75, 3.05) is 6.61 Å². The van der Waals surface area contributed by atoms with Crippen LogP contribution in [0.2, 0.25) is 0 Å². The van der Waals surface area contributed by atoms with Crippen LogP contribution in [0.4, 0.5) is 0 Å². The van der Waals surface area contributed by atoms with Crippen LogP contribution in [0.15, 0.2) is 121 Å².